The first-order chi connectivity index (χ1) is 11.6. The monoisotopic (exact) mass is 320 g/mol. The lowest BCUT2D eigenvalue weighted by molar-refractivity contribution is 0.0991. The fraction of sp³-hybridized carbons (Fsp3) is 0.200. The average Bonchev–Trinajstić information content (AvgIpc) is 2.61. The van der Waals surface area contributed by atoms with Crippen molar-refractivity contribution in [3.05, 3.63) is 70.6 Å². The first-order valence-corrected chi connectivity index (χ1v) is 8.16. The zero-order valence-electron chi connectivity index (χ0n) is 13.7. The second kappa shape index (κ2) is 6.71. The van der Waals surface area contributed by atoms with Gasteiger partial charge in [-0.3, -0.25) is 9.59 Å². The van der Waals surface area contributed by atoms with Gasteiger partial charge in [0.25, 0.3) is 11.5 Å². The van der Waals surface area contributed by atoms with Crippen molar-refractivity contribution in [2.45, 2.75) is 26.3 Å². The van der Waals surface area contributed by atoms with Crippen LogP contribution in [0.25, 0.3) is 21.9 Å². The van der Waals surface area contributed by atoms with Crippen molar-refractivity contribution in [2.24, 2.45) is 5.73 Å². The molecule has 3 rings (SSSR count). The van der Waals surface area contributed by atoms with Crippen LogP contribution in [0.5, 0.6) is 0 Å². The Morgan fingerprint density at radius 2 is 1.62 bits per heavy atom. The van der Waals surface area contributed by atoms with Crippen molar-refractivity contribution in [2.75, 3.05) is 0 Å². The van der Waals surface area contributed by atoms with Crippen molar-refractivity contribution in [3.8, 4) is 11.1 Å². The molecular weight excluding hydrogens is 300 g/mol. The summed E-state index contributed by atoms with van der Waals surface area (Å²) in [6.45, 7) is 2.53. The van der Waals surface area contributed by atoms with Gasteiger partial charge in [-0.15, -0.1) is 0 Å². The number of unbranched alkanes of at least 4 members (excludes halogenated alkanes) is 1. The first-order valence-electron chi connectivity index (χ1n) is 8.16. The van der Waals surface area contributed by atoms with Gasteiger partial charge in [-0.25, -0.2) is 0 Å². The zero-order valence-corrected chi connectivity index (χ0v) is 13.7. The van der Waals surface area contributed by atoms with E-state index in [0.717, 1.165) is 29.4 Å². The summed E-state index contributed by atoms with van der Waals surface area (Å²) in [5, 5.41) is 1.37. The topological polar surface area (TPSA) is 65.1 Å². The normalized spacial score (nSPS) is 10.9. The van der Waals surface area contributed by atoms with Crippen molar-refractivity contribution < 1.29 is 4.79 Å². The van der Waals surface area contributed by atoms with Crippen LogP contribution in [0.15, 0.2) is 59.4 Å². The van der Waals surface area contributed by atoms with Gasteiger partial charge in [0.15, 0.2) is 0 Å². The molecule has 1 heterocycles. The van der Waals surface area contributed by atoms with Crippen LogP contribution in [0.3, 0.4) is 0 Å². The van der Waals surface area contributed by atoms with E-state index in [0.29, 0.717) is 17.6 Å². The molecule has 0 aliphatic carbocycles. The summed E-state index contributed by atoms with van der Waals surface area (Å²) in [4.78, 5) is 25.1. The van der Waals surface area contributed by atoms with Crippen LogP contribution in [0.1, 0.15) is 30.3 Å². The molecule has 1 aromatic heterocycles. The number of carbonyl (C=O) groups is 1. The van der Waals surface area contributed by atoms with Crippen LogP contribution < -0.4 is 11.3 Å². The summed E-state index contributed by atoms with van der Waals surface area (Å²) >= 11 is 0. The van der Waals surface area contributed by atoms with Gasteiger partial charge < -0.3 is 10.3 Å². The molecule has 0 aliphatic rings. The number of aromatic nitrogens is 1. The summed E-state index contributed by atoms with van der Waals surface area (Å²) in [7, 11) is 0. The minimum Gasteiger partial charge on any atom is -0.364 e. The van der Waals surface area contributed by atoms with Crippen molar-refractivity contribution in [3.63, 3.8) is 0 Å². The molecule has 4 nitrogen and oxygen atoms in total. The third-order valence-corrected chi connectivity index (χ3v) is 4.21. The number of amides is 1. The molecule has 1 amide bonds. The number of nitrogens with zero attached hydrogens (tertiary/aromatic N) is 1. The molecule has 3 aromatic rings. The van der Waals surface area contributed by atoms with E-state index < -0.39 is 5.91 Å². The molecule has 24 heavy (non-hydrogen) atoms. The van der Waals surface area contributed by atoms with Crippen LogP contribution in [0, 0.1) is 0 Å². The predicted octanol–water partition coefficient (Wildman–Crippen LogP) is 3.57. The Bertz CT molecular complexity index is 943. The number of pyridine rings is 1. The number of hydrogen-bond acceptors (Lipinski definition) is 2. The van der Waals surface area contributed by atoms with E-state index in [9.17, 15) is 9.59 Å². The molecule has 122 valence electrons. The highest BCUT2D eigenvalue weighted by Gasteiger charge is 2.21. The minimum absolute atomic E-state index is 0.160. The second-order valence-electron chi connectivity index (χ2n) is 5.81. The summed E-state index contributed by atoms with van der Waals surface area (Å²) in [6.07, 6.45) is 1.74. The Balaban J connectivity index is 2.47. The van der Waals surface area contributed by atoms with Crippen molar-refractivity contribution in [1.82, 2.24) is 4.57 Å². The molecule has 0 bridgehead atoms. The van der Waals surface area contributed by atoms with Gasteiger partial charge in [-0.1, -0.05) is 61.9 Å². The van der Waals surface area contributed by atoms with Crippen LogP contribution in [0.2, 0.25) is 0 Å². The Morgan fingerprint density at radius 1 is 1.00 bits per heavy atom. The Morgan fingerprint density at radius 3 is 2.25 bits per heavy atom. The highest BCUT2D eigenvalue weighted by Crippen LogP contribution is 2.30. The van der Waals surface area contributed by atoms with Crippen molar-refractivity contribution in [1.29, 1.82) is 0 Å². The molecule has 2 aromatic carbocycles. The van der Waals surface area contributed by atoms with E-state index in [-0.39, 0.29) is 5.56 Å². The SMILES string of the molecule is CCCCn1c(C(N)=O)c(-c2ccccc2)c2ccccc2c1=O. The number of fused-ring (bicyclic) bond motifs is 1. The average molecular weight is 320 g/mol. The van der Waals surface area contributed by atoms with Gasteiger partial charge >= 0.3 is 0 Å². The maximum Gasteiger partial charge on any atom is 0.266 e. The molecular formula is C20H20N2O2. The smallest absolute Gasteiger partial charge is 0.266 e. The lowest BCUT2D eigenvalue weighted by atomic mass is 9.96. The van der Waals surface area contributed by atoms with Gasteiger partial charge in [-0.05, 0) is 23.4 Å². The molecule has 0 unspecified atom stereocenters. The number of hydrogen-bond donors (Lipinski definition) is 1. The van der Waals surface area contributed by atoms with Gasteiger partial charge in [0.2, 0.25) is 0 Å². The summed E-state index contributed by atoms with van der Waals surface area (Å²) in [5.41, 5.74) is 7.43. The molecule has 0 saturated carbocycles. The molecule has 4 heteroatoms. The van der Waals surface area contributed by atoms with E-state index >= 15 is 0 Å². The van der Waals surface area contributed by atoms with Gasteiger partial charge in [0, 0.05) is 17.5 Å². The quantitative estimate of drug-likeness (QED) is 0.781. The van der Waals surface area contributed by atoms with E-state index in [1.54, 1.807) is 6.07 Å². The van der Waals surface area contributed by atoms with E-state index in [4.69, 9.17) is 5.73 Å². The lowest BCUT2D eigenvalue weighted by Crippen LogP contribution is -2.30. The highest BCUT2D eigenvalue weighted by molar-refractivity contribution is 6.07. The number of rotatable bonds is 5. The second-order valence-corrected chi connectivity index (χ2v) is 5.81. The van der Waals surface area contributed by atoms with Crippen molar-refractivity contribution >= 4 is 16.7 Å². The molecule has 2 N–H and O–H groups in total. The molecule has 0 saturated heterocycles. The van der Waals surface area contributed by atoms with Crippen LogP contribution in [0.4, 0.5) is 0 Å². The van der Waals surface area contributed by atoms with Gasteiger partial charge in [0.05, 0.1) is 0 Å². The number of nitrogens with two attached hydrogens (primary N) is 1. The lowest BCUT2D eigenvalue weighted by Gasteiger charge is -2.18. The number of carbonyl (C=O) groups excluding carboxylic acids is 1. The Labute approximate surface area is 140 Å². The largest absolute Gasteiger partial charge is 0.364 e. The zero-order chi connectivity index (χ0) is 17.1. The molecule has 0 spiro atoms. The fourth-order valence-corrected chi connectivity index (χ4v) is 3.08. The first kappa shape index (κ1) is 16.0. The van der Waals surface area contributed by atoms with Crippen LogP contribution >= 0.6 is 0 Å². The molecule has 0 atom stereocenters. The maximum atomic E-state index is 12.9. The Kier molecular flexibility index (Phi) is 4.47. The van der Waals surface area contributed by atoms with E-state index in [2.05, 4.69) is 0 Å². The maximum absolute atomic E-state index is 12.9. The fourth-order valence-electron chi connectivity index (χ4n) is 3.08. The molecule has 0 aliphatic heterocycles. The number of benzene rings is 2. The standard InChI is InChI=1S/C20H20N2O2/c1-2-3-13-22-18(19(21)23)17(14-9-5-4-6-10-14)15-11-7-8-12-16(15)20(22)24/h4-12H,2-3,13H2,1H3,(H2,21,23). The predicted molar refractivity (Wildman–Crippen MR) is 97.1 cm³/mol. The van der Waals surface area contributed by atoms with Gasteiger partial charge in [-0.2, -0.15) is 0 Å². The van der Waals surface area contributed by atoms with Crippen LogP contribution in [-0.2, 0) is 6.54 Å². The van der Waals surface area contributed by atoms with E-state index in [1.165, 1.54) is 4.57 Å². The third kappa shape index (κ3) is 2.71. The van der Waals surface area contributed by atoms with Gasteiger partial charge in [0.1, 0.15) is 5.69 Å². The molecule has 0 fully saturated rings. The third-order valence-electron chi connectivity index (χ3n) is 4.21. The Hall–Kier alpha value is -2.88. The summed E-state index contributed by atoms with van der Waals surface area (Å²) < 4.78 is 1.54. The molecule has 0 radical (unpaired) electrons. The minimum atomic E-state index is -0.576. The number of primary amides is 1. The van der Waals surface area contributed by atoms with Crippen LogP contribution in [-0.4, -0.2) is 10.5 Å². The van der Waals surface area contributed by atoms with E-state index in [1.807, 2.05) is 55.5 Å². The highest BCUT2D eigenvalue weighted by atomic mass is 16.2. The summed E-state index contributed by atoms with van der Waals surface area (Å²) in [6, 6.07) is 17.0. The summed E-state index contributed by atoms with van der Waals surface area (Å²) in [5.74, 6) is -0.576.